The first-order valence-electron chi connectivity index (χ1n) is 5.75. The van der Waals surface area contributed by atoms with Crippen molar-refractivity contribution in [1.82, 2.24) is 4.90 Å². The van der Waals surface area contributed by atoms with E-state index in [1.807, 2.05) is 4.90 Å². The number of rotatable bonds is 3. The number of benzene rings is 1. The number of nitrogens with two attached hydrogens (primary N) is 1. The summed E-state index contributed by atoms with van der Waals surface area (Å²) >= 11 is 0. The van der Waals surface area contributed by atoms with Gasteiger partial charge in [0.25, 0.3) is 0 Å². The molecule has 3 nitrogen and oxygen atoms in total. The summed E-state index contributed by atoms with van der Waals surface area (Å²) in [5, 5.41) is 0. The van der Waals surface area contributed by atoms with Crippen molar-refractivity contribution in [2.45, 2.75) is 25.4 Å². The van der Waals surface area contributed by atoms with Crippen LogP contribution in [-0.2, 0) is 6.54 Å². The van der Waals surface area contributed by atoms with Gasteiger partial charge in [0, 0.05) is 31.2 Å². The van der Waals surface area contributed by atoms with Gasteiger partial charge in [0.15, 0.2) is 0 Å². The SMILES string of the molecule is NC1CCN(Cc2ccccc2OC(F)(F)F)C1. The van der Waals surface area contributed by atoms with E-state index < -0.39 is 6.36 Å². The summed E-state index contributed by atoms with van der Waals surface area (Å²) in [5.41, 5.74) is 6.30. The van der Waals surface area contributed by atoms with Crippen LogP contribution in [0.15, 0.2) is 24.3 Å². The molecule has 1 aliphatic rings. The average molecular weight is 260 g/mol. The van der Waals surface area contributed by atoms with E-state index >= 15 is 0 Å². The molecule has 1 aliphatic heterocycles. The second kappa shape index (κ2) is 5.16. The van der Waals surface area contributed by atoms with Crippen molar-refractivity contribution >= 4 is 0 Å². The molecule has 1 heterocycles. The highest BCUT2D eigenvalue weighted by Gasteiger charge is 2.32. The molecule has 0 bridgehead atoms. The van der Waals surface area contributed by atoms with Crippen LogP contribution < -0.4 is 10.5 Å². The van der Waals surface area contributed by atoms with Crippen LogP contribution in [0.1, 0.15) is 12.0 Å². The maximum Gasteiger partial charge on any atom is 0.573 e. The molecule has 0 amide bonds. The van der Waals surface area contributed by atoms with Crippen LogP contribution in [0.25, 0.3) is 0 Å². The molecule has 0 spiro atoms. The number of para-hydroxylation sites is 1. The normalized spacial score (nSPS) is 21.2. The molecule has 1 atom stereocenters. The quantitative estimate of drug-likeness (QED) is 0.904. The maximum absolute atomic E-state index is 12.2. The summed E-state index contributed by atoms with van der Waals surface area (Å²) in [6, 6.07) is 6.32. The molecule has 6 heteroatoms. The molecule has 1 unspecified atom stereocenters. The van der Waals surface area contributed by atoms with Crippen molar-refractivity contribution < 1.29 is 17.9 Å². The van der Waals surface area contributed by atoms with Gasteiger partial charge in [-0.2, -0.15) is 0 Å². The van der Waals surface area contributed by atoms with Crippen LogP contribution >= 0.6 is 0 Å². The largest absolute Gasteiger partial charge is 0.573 e. The molecule has 1 saturated heterocycles. The first-order valence-corrected chi connectivity index (χ1v) is 5.75. The van der Waals surface area contributed by atoms with E-state index in [1.165, 1.54) is 12.1 Å². The number of halogens is 3. The Morgan fingerprint density at radius 3 is 2.67 bits per heavy atom. The Morgan fingerprint density at radius 1 is 1.33 bits per heavy atom. The predicted octanol–water partition coefficient (Wildman–Crippen LogP) is 2.12. The van der Waals surface area contributed by atoms with E-state index in [4.69, 9.17) is 5.73 Å². The Balaban J connectivity index is 2.07. The van der Waals surface area contributed by atoms with Crippen molar-refractivity contribution in [3.05, 3.63) is 29.8 Å². The molecule has 0 aromatic heterocycles. The molecule has 1 aromatic rings. The van der Waals surface area contributed by atoms with Crippen molar-refractivity contribution in [3.63, 3.8) is 0 Å². The minimum atomic E-state index is -4.66. The minimum Gasteiger partial charge on any atom is -0.405 e. The zero-order chi connectivity index (χ0) is 13.2. The lowest BCUT2D eigenvalue weighted by Crippen LogP contribution is -2.26. The molecule has 2 N–H and O–H groups in total. The van der Waals surface area contributed by atoms with Crippen molar-refractivity contribution in [1.29, 1.82) is 0 Å². The van der Waals surface area contributed by atoms with Crippen LogP contribution in [0, 0.1) is 0 Å². The lowest BCUT2D eigenvalue weighted by Gasteiger charge is -2.18. The summed E-state index contributed by atoms with van der Waals surface area (Å²) < 4.78 is 40.7. The molecule has 1 fully saturated rings. The zero-order valence-electron chi connectivity index (χ0n) is 9.78. The highest BCUT2D eigenvalue weighted by molar-refractivity contribution is 5.33. The van der Waals surface area contributed by atoms with Gasteiger partial charge < -0.3 is 10.5 Å². The van der Waals surface area contributed by atoms with Crippen molar-refractivity contribution in [2.75, 3.05) is 13.1 Å². The van der Waals surface area contributed by atoms with E-state index in [-0.39, 0.29) is 11.8 Å². The standard InChI is InChI=1S/C12H15F3N2O/c13-12(14,15)18-11-4-2-1-3-9(11)7-17-6-5-10(16)8-17/h1-4,10H,5-8,16H2. The number of ether oxygens (including phenoxy) is 1. The molecule has 1 aromatic carbocycles. The van der Waals surface area contributed by atoms with Crippen molar-refractivity contribution in [2.24, 2.45) is 5.73 Å². The second-order valence-electron chi connectivity index (χ2n) is 4.44. The minimum absolute atomic E-state index is 0.112. The summed E-state index contributed by atoms with van der Waals surface area (Å²) in [6.45, 7) is 1.95. The second-order valence-corrected chi connectivity index (χ2v) is 4.44. The van der Waals surface area contributed by atoms with Crippen LogP contribution in [0.5, 0.6) is 5.75 Å². The van der Waals surface area contributed by atoms with E-state index in [9.17, 15) is 13.2 Å². The third-order valence-corrected chi connectivity index (χ3v) is 2.90. The Labute approximate surface area is 103 Å². The zero-order valence-corrected chi connectivity index (χ0v) is 9.78. The number of hydrogen-bond acceptors (Lipinski definition) is 3. The smallest absolute Gasteiger partial charge is 0.405 e. The van der Waals surface area contributed by atoms with Gasteiger partial charge in [-0.25, -0.2) is 0 Å². The van der Waals surface area contributed by atoms with Crippen molar-refractivity contribution in [3.8, 4) is 5.75 Å². The van der Waals surface area contributed by atoms with Gasteiger partial charge in [-0.15, -0.1) is 13.2 Å². The van der Waals surface area contributed by atoms with Gasteiger partial charge in [-0.1, -0.05) is 18.2 Å². The Morgan fingerprint density at radius 2 is 2.06 bits per heavy atom. The monoisotopic (exact) mass is 260 g/mol. The fourth-order valence-electron chi connectivity index (χ4n) is 2.11. The van der Waals surface area contributed by atoms with Gasteiger partial charge in [-0.3, -0.25) is 4.90 Å². The molecular formula is C12H15F3N2O. The van der Waals surface area contributed by atoms with E-state index in [2.05, 4.69) is 4.74 Å². The van der Waals surface area contributed by atoms with Crippen LogP contribution in [0.4, 0.5) is 13.2 Å². The maximum atomic E-state index is 12.2. The van der Waals surface area contributed by atoms with E-state index in [1.54, 1.807) is 12.1 Å². The summed E-state index contributed by atoms with van der Waals surface area (Å²) in [5.74, 6) is -0.134. The first kappa shape index (κ1) is 13.2. The fourth-order valence-corrected chi connectivity index (χ4v) is 2.11. The Bertz CT molecular complexity index is 409. The first-order chi connectivity index (χ1) is 8.44. The van der Waals surface area contributed by atoms with Gasteiger partial charge >= 0.3 is 6.36 Å². The van der Waals surface area contributed by atoms with Crippen LogP contribution in [0.3, 0.4) is 0 Å². The van der Waals surface area contributed by atoms with Gasteiger partial charge in [0.05, 0.1) is 0 Å². The number of alkyl halides is 3. The summed E-state index contributed by atoms with van der Waals surface area (Å²) in [4.78, 5) is 2.03. The molecule has 0 radical (unpaired) electrons. The lowest BCUT2D eigenvalue weighted by atomic mass is 10.2. The number of hydrogen-bond donors (Lipinski definition) is 1. The highest BCUT2D eigenvalue weighted by atomic mass is 19.4. The van der Waals surface area contributed by atoms with Crippen LogP contribution in [0.2, 0.25) is 0 Å². The van der Waals surface area contributed by atoms with E-state index in [0.29, 0.717) is 18.7 Å². The Kier molecular flexibility index (Phi) is 3.77. The Hall–Kier alpha value is -1.27. The van der Waals surface area contributed by atoms with E-state index in [0.717, 1.165) is 13.0 Å². The summed E-state index contributed by atoms with van der Waals surface area (Å²) in [7, 11) is 0. The van der Waals surface area contributed by atoms with Gasteiger partial charge in [-0.05, 0) is 12.5 Å². The fraction of sp³-hybridized carbons (Fsp3) is 0.500. The molecule has 0 aliphatic carbocycles. The summed E-state index contributed by atoms with van der Waals surface area (Å²) in [6.07, 6.45) is -3.78. The average Bonchev–Trinajstić information content (AvgIpc) is 2.65. The third kappa shape index (κ3) is 3.61. The highest BCUT2D eigenvalue weighted by Crippen LogP contribution is 2.27. The van der Waals surface area contributed by atoms with Gasteiger partial charge in [0.1, 0.15) is 5.75 Å². The topological polar surface area (TPSA) is 38.5 Å². The molecular weight excluding hydrogens is 245 g/mol. The lowest BCUT2D eigenvalue weighted by molar-refractivity contribution is -0.275. The van der Waals surface area contributed by atoms with Gasteiger partial charge in [0.2, 0.25) is 0 Å². The van der Waals surface area contributed by atoms with Crippen LogP contribution in [-0.4, -0.2) is 30.4 Å². The third-order valence-electron chi connectivity index (χ3n) is 2.90. The molecule has 100 valence electrons. The number of likely N-dealkylation sites (tertiary alicyclic amines) is 1. The molecule has 2 rings (SSSR count). The predicted molar refractivity (Wildman–Crippen MR) is 61.0 cm³/mol. The number of nitrogens with zero attached hydrogens (tertiary/aromatic N) is 1. The molecule has 18 heavy (non-hydrogen) atoms. The molecule has 0 saturated carbocycles.